The number of carbonyl (C=O) groups excluding carboxylic acids is 1. The molecule has 1 amide bonds. The van der Waals surface area contributed by atoms with Crippen LogP contribution >= 0.6 is 0 Å². The number of likely N-dealkylation sites (tertiary alicyclic amines) is 1. The van der Waals surface area contributed by atoms with Crippen molar-refractivity contribution in [3.05, 3.63) is 29.8 Å². The van der Waals surface area contributed by atoms with Gasteiger partial charge in [-0.3, -0.25) is 9.59 Å². The third kappa shape index (κ3) is 2.93. The van der Waals surface area contributed by atoms with E-state index < -0.39 is 5.97 Å². The fourth-order valence-corrected chi connectivity index (χ4v) is 3.45. The van der Waals surface area contributed by atoms with Crippen LogP contribution in [0.1, 0.15) is 43.6 Å². The van der Waals surface area contributed by atoms with Crippen LogP contribution in [-0.4, -0.2) is 41.1 Å². The fraction of sp³-hybridized carbons (Fsp3) is 0.529. The molecule has 1 N–H and O–H groups in total. The van der Waals surface area contributed by atoms with Gasteiger partial charge in [-0.1, -0.05) is 18.2 Å². The molecule has 0 radical (unpaired) electrons. The minimum Gasteiger partial charge on any atom is -0.492 e. The summed E-state index contributed by atoms with van der Waals surface area (Å²) in [4.78, 5) is 25.6. The Bertz CT molecular complexity index is 572. The Balaban J connectivity index is 1.74. The van der Waals surface area contributed by atoms with Crippen molar-refractivity contribution in [2.24, 2.45) is 0 Å². The van der Waals surface area contributed by atoms with Gasteiger partial charge in [0.05, 0.1) is 0 Å². The van der Waals surface area contributed by atoms with Gasteiger partial charge in [0, 0.05) is 24.6 Å². The summed E-state index contributed by atoms with van der Waals surface area (Å²) in [6.07, 6.45) is 3.60. The van der Waals surface area contributed by atoms with Crippen molar-refractivity contribution in [3.63, 3.8) is 0 Å². The number of carbonyl (C=O) groups is 2. The zero-order valence-electron chi connectivity index (χ0n) is 12.5. The molecule has 0 aliphatic carbocycles. The van der Waals surface area contributed by atoms with E-state index in [0.717, 1.165) is 37.1 Å². The van der Waals surface area contributed by atoms with Crippen molar-refractivity contribution >= 4 is 11.9 Å². The molecule has 0 aromatic heterocycles. The number of aliphatic carboxylic acids is 1. The predicted octanol–water partition coefficient (Wildman–Crippen LogP) is 2.41. The van der Waals surface area contributed by atoms with E-state index in [9.17, 15) is 9.59 Å². The minimum absolute atomic E-state index is 0.0464. The lowest BCUT2D eigenvalue weighted by Gasteiger charge is -2.37. The number of benzene rings is 1. The Morgan fingerprint density at radius 3 is 2.91 bits per heavy atom. The maximum Gasteiger partial charge on any atom is 0.303 e. The van der Waals surface area contributed by atoms with Crippen molar-refractivity contribution in [1.29, 1.82) is 0 Å². The number of rotatable bonds is 4. The average Bonchev–Trinajstić information content (AvgIpc) is 2.96. The Morgan fingerprint density at radius 1 is 1.27 bits per heavy atom. The number of para-hydroxylation sites is 1. The van der Waals surface area contributed by atoms with Gasteiger partial charge in [0.25, 0.3) is 0 Å². The summed E-state index contributed by atoms with van der Waals surface area (Å²) in [5.41, 5.74) is 0.954. The summed E-state index contributed by atoms with van der Waals surface area (Å²) < 4.78 is 5.61. The topological polar surface area (TPSA) is 66.8 Å². The van der Waals surface area contributed by atoms with Gasteiger partial charge in [-0.25, -0.2) is 0 Å². The maximum atomic E-state index is 12.9. The third-order valence-corrected chi connectivity index (χ3v) is 4.60. The largest absolute Gasteiger partial charge is 0.492 e. The maximum absolute atomic E-state index is 12.9. The molecule has 0 bridgehead atoms. The SMILES string of the molecule is O=C(O)CCC1CCCCN1C(=O)C1COc2ccccc21. The van der Waals surface area contributed by atoms with Crippen molar-refractivity contribution in [2.45, 2.75) is 44.1 Å². The Kier molecular flexibility index (Phi) is 4.32. The molecular formula is C17H21NO4. The fourth-order valence-electron chi connectivity index (χ4n) is 3.45. The Labute approximate surface area is 129 Å². The third-order valence-electron chi connectivity index (χ3n) is 4.60. The molecule has 5 heteroatoms. The number of nitrogens with zero attached hydrogens (tertiary/aromatic N) is 1. The van der Waals surface area contributed by atoms with Crippen LogP contribution in [0, 0.1) is 0 Å². The second kappa shape index (κ2) is 6.38. The first-order chi connectivity index (χ1) is 10.7. The lowest BCUT2D eigenvalue weighted by atomic mass is 9.93. The van der Waals surface area contributed by atoms with Crippen LogP contribution in [0.5, 0.6) is 5.75 Å². The van der Waals surface area contributed by atoms with E-state index in [0.29, 0.717) is 13.0 Å². The number of hydrogen-bond donors (Lipinski definition) is 1. The van der Waals surface area contributed by atoms with E-state index in [2.05, 4.69) is 0 Å². The summed E-state index contributed by atoms with van der Waals surface area (Å²) in [6.45, 7) is 1.11. The van der Waals surface area contributed by atoms with Crippen LogP contribution in [0.2, 0.25) is 0 Å². The monoisotopic (exact) mass is 303 g/mol. The molecule has 1 fully saturated rings. The molecule has 2 atom stereocenters. The predicted molar refractivity (Wildman–Crippen MR) is 80.9 cm³/mol. The molecule has 3 rings (SSSR count). The quantitative estimate of drug-likeness (QED) is 0.927. The molecule has 2 unspecified atom stereocenters. The van der Waals surface area contributed by atoms with Crippen molar-refractivity contribution in [3.8, 4) is 5.75 Å². The highest BCUT2D eigenvalue weighted by atomic mass is 16.5. The van der Waals surface area contributed by atoms with E-state index in [1.54, 1.807) is 0 Å². The van der Waals surface area contributed by atoms with E-state index in [-0.39, 0.29) is 24.3 Å². The first-order valence-corrected chi connectivity index (χ1v) is 7.91. The lowest BCUT2D eigenvalue weighted by Crippen LogP contribution is -2.46. The Hall–Kier alpha value is -2.04. The van der Waals surface area contributed by atoms with Crippen molar-refractivity contribution in [1.82, 2.24) is 4.90 Å². The molecule has 2 aliphatic heterocycles. The number of piperidine rings is 1. The Morgan fingerprint density at radius 2 is 2.09 bits per heavy atom. The number of hydrogen-bond acceptors (Lipinski definition) is 3. The molecule has 1 aromatic rings. The second-order valence-electron chi connectivity index (χ2n) is 6.02. The zero-order chi connectivity index (χ0) is 15.5. The van der Waals surface area contributed by atoms with E-state index >= 15 is 0 Å². The van der Waals surface area contributed by atoms with E-state index in [1.165, 1.54) is 0 Å². The number of carboxylic acids is 1. The van der Waals surface area contributed by atoms with Gasteiger partial charge in [0.1, 0.15) is 18.3 Å². The average molecular weight is 303 g/mol. The van der Waals surface area contributed by atoms with Crippen molar-refractivity contribution in [2.75, 3.05) is 13.2 Å². The first-order valence-electron chi connectivity index (χ1n) is 7.91. The minimum atomic E-state index is -0.799. The molecule has 2 heterocycles. The molecule has 2 aliphatic rings. The lowest BCUT2D eigenvalue weighted by molar-refractivity contribution is -0.140. The van der Waals surface area contributed by atoms with Crippen LogP contribution in [0.25, 0.3) is 0 Å². The number of carboxylic acid groups (broad SMARTS) is 1. The van der Waals surface area contributed by atoms with Crippen LogP contribution in [-0.2, 0) is 9.59 Å². The highest BCUT2D eigenvalue weighted by Gasteiger charge is 2.36. The van der Waals surface area contributed by atoms with E-state index in [4.69, 9.17) is 9.84 Å². The highest BCUT2D eigenvalue weighted by Crippen LogP contribution is 2.36. The number of ether oxygens (including phenoxy) is 1. The molecule has 118 valence electrons. The first kappa shape index (κ1) is 14.9. The van der Waals surface area contributed by atoms with Crippen LogP contribution in [0.4, 0.5) is 0 Å². The standard InChI is InChI=1S/C17H21NO4/c19-16(20)9-8-12-5-3-4-10-18(12)17(21)14-11-22-15-7-2-1-6-13(14)15/h1-2,6-7,12,14H,3-5,8-11H2,(H,19,20). The van der Waals surface area contributed by atoms with Gasteiger partial charge in [-0.15, -0.1) is 0 Å². The van der Waals surface area contributed by atoms with Crippen molar-refractivity contribution < 1.29 is 19.4 Å². The van der Waals surface area contributed by atoms with Gasteiger partial charge in [-0.05, 0) is 31.7 Å². The van der Waals surface area contributed by atoms with Gasteiger partial charge in [0.2, 0.25) is 5.91 Å². The molecule has 0 spiro atoms. The zero-order valence-corrected chi connectivity index (χ0v) is 12.5. The molecule has 1 saturated heterocycles. The van der Waals surface area contributed by atoms with Gasteiger partial charge >= 0.3 is 5.97 Å². The van der Waals surface area contributed by atoms with Crippen LogP contribution in [0.15, 0.2) is 24.3 Å². The highest BCUT2D eigenvalue weighted by molar-refractivity contribution is 5.86. The molecule has 0 saturated carbocycles. The van der Waals surface area contributed by atoms with Gasteiger partial charge in [-0.2, -0.15) is 0 Å². The normalized spacial score (nSPS) is 23.7. The molecule has 1 aromatic carbocycles. The van der Waals surface area contributed by atoms with Crippen LogP contribution in [0.3, 0.4) is 0 Å². The summed E-state index contributed by atoms with van der Waals surface area (Å²) in [5, 5.41) is 8.89. The summed E-state index contributed by atoms with van der Waals surface area (Å²) >= 11 is 0. The number of amides is 1. The summed E-state index contributed by atoms with van der Waals surface area (Å²) in [6, 6.07) is 7.71. The number of fused-ring (bicyclic) bond motifs is 1. The molecule has 22 heavy (non-hydrogen) atoms. The van der Waals surface area contributed by atoms with Gasteiger partial charge < -0.3 is 14.7 Å². The summed E-state index contributed by atoms with van der Waals surface area (Å²) in [5.74, 6) is -0.172. The summed E-state index contributed by atoms with van der Waals surface area (Å²) in [7, 11) is 0. The van der Waals surface area contributed by atoms with Gasteiger partial charge in [0.15, 0.2) is 0 Å². The second-order valence-corrected chi connectivity index (χ2v) is 6.02. The van der Waals surface area contributed by atoms with Crippen LogP contribution < -0.4 is 4.74 Å². The molecular weight excluding hydrogens is 282 g/mol. The molecule has 5 nitrogen and oxygen atoms in total. The van der Waals surface area contributed by atoms with E-state index in [1.807, 2.05) is 29.2 Å². The smallest absolute Gasteiger partial charge is 0.303 e.